The van der Waals surface area contributed by atoms with Crippen molar-refractivity contribution in [2.24, 2.45) is 4.99 Å². The highest BCUT2D eigenvalue weighted by atomic mass is 127. The third-order valence-electron chi connectivity index (χ3n) is 3.42. The lowest BCUT2D eigenvalue weighted by atomic mass is 10.3. The molecule has 1 aromatic carbocycles. The van der Waals surface area contributed by atoms with Gasteiger partial charge in [0, 0.05) is 33.4 Å². The van der Waals surface area contributed by atoms with Crippen LogP contribution in [-0.4, -0.2) is 53.5 Å². The van der Waals surface area contributed by atoms with Gasteiger partial charge in [0.05, 0.1) is 10.6 Å². The summed E-state index contributed by atoms with van der Waals surface area (Å²) in [6.07, 6.45) is 2.54. The van der Waals surface area contributed by atoms with Gasteiger partial charge in [0.2, 0.25) is 0 Å². The highest BCUT2D eigenvalue weighted by Gasteiger charge is 2.12. The molecule has 0 saturated heterocycles. The molecule has 8 heteroatoms. The molecule has 0 fully saturated rings. The van der Waals surface area contributed by atoms with Gasteiger partial charge < -0.3 is 15.4 Å². The van der Waals surface area contributed by atoms with Crippen LogP contribution < -0.4 is 10.6 Å². The van der Waals surface area contributed by atoms with Crippen LogP contribution in [0.15, 0.2) is 40.2 Å². The number of hydrogen-bond donors (Lipinski definition) is 2. The van der Waals surface area contributed by atoms with Crippen LogP contribution >= 0.6 is 24.0 Å². The van der Waals surface area contributed by atoms with E-state index in [1.165, 1.54) is 0 Å². The van der Waals surface area contributed by atoms with Crippen LogP contribution in [0.2, 0.25) is 0 Å². The van der Waals surface area contributed by atoms with E-state index >= 15 is 0 Å². The normalized spacial score (nSPS) is 11.7. The molecule has 6 nitrogen and oxygen atoms in total. The maximum absolute atomic E-state index is 12.2. The number of ether oxygens (including phenoxy) is 1. The highest BCUT2D eigenvalue weighted by molar-refractivity contribution is 14.0. The fourth-order valence-corrected chi connectivity index (χ4v) is 3.45. The third kappa shape index (κ3) is 10.7. The minimum atomic E-state index is -3.21. The molecule has 0 aliphatic carbocycles. The first-order valence-corrected chi connectivity index (χ1v) is 10.1. The standard InChI is InChI=1S/C17H29N3O3S.HI/c1-3-23-14-8-7-12-19-17(18-2)20-13-9-15-24(21,22)16-10-5-4-6-11-16;/h4-6,10-11H,3,7-9,12-15H2,1-2H3,(H2,18,19,20);1H. The fourth-order valence-electron chi connectivity index (χ4n) is 2.12. The van der Waals surface area contributed by atoms with Crippen molar-refractivity contribution in [3.63, 3.8) is 0 Å². The molecule has 0 saturated carbocycles. The Bertz CT molecular complexity index is 580. The van der Waals surface area contributed by atoms with Gasteiger partial charge in [-0.1, -0.05) is 18.2 Å². The van der Waals surface area contributed by atoms with Crippen molar-refractivity contribution in [1.82, 2.24) is 10.6 Å². The average molecular weight is 483 g/mol. The molecule has 25 heavy (non-hydrogen) atoms. The quantitative estimate of drug-likeness (QED) is 0.219. The van der Waals surface area contributed by atoms with E-state index in [0.29, 0.717) is 23.8 Å². The lowest BCUT2D eigenvalue weighted by Gasteiger charge is -2.12. The molecule has 0 radical (unpaired) electrons. The molecule has 144 valence electrons. The summed E-state index contributed by atoms with van der Waals surface area (Å²) in [6.45, 7) is 4.89. The topological polar surface area (TPSA) is 79.8 Å². The Morgan fingerprint density at radius 3 is 2.32 bits per heavy atom. The van der Waals surface area contributed by atoms with Gasteiger partial charge in [-0.2, -0.15) is 0 Å². The van der Waals surface area contributed by atoms with E-state index in [4.69, 9.17) is 4.74 Å². The van der Waals surface area contributed by atoms with E-state index in [9.17, 15) is 8.42 Å². The Balaban J connectivity index is 0.00000576. The van der Waals surface area contributed by atoms with Crippen LogP contribution in [0, 0.1) is 0 Å². The average Bonchev–Trinajstić information content (AvgIpc) is 2.60. The van der Waals surface area contributed by atoms with Gasteiger partial charge in [0.1, 0.15) is 0 Å². The zero-order chi connectivity index (χ0) is 17.7. The molecular formula is C17H30IN3O3S. The van der Waals surface area contributed by atoms with Crippen molar-refractivity contribution in [3.8, 4) is 0 Å². The molecular weight excluding hydrogens is 453 g/mol. The second kappa shape index (κ2) is 14.3. The molecule has 0 unspecified atom stereocenters. The van der Waals surface area contributed by atoms with Crippen molar-refractivity contribution in [1.29, 1.82) is 0 Å². The van der Waals surface area contributed by atoms with Crippen LogP contribution in [-0.2, 0) is 14.6 Å². The summed E-state index contributed by atoms with van der Waals surface area (Å²) in [6, 6.07) is 8.55. The first-order chi connectivity index (χ1) is 11.6. The van der Waals surface area contributed by atoms with Crippen LogP contribution in [0.1, 0.15) is 26.2 Å². The van der Waals surface area contributed by atoms with Crippen LogP contribution in [0.5, 0.6) is 0 Å². The van der Waals surface area contributed by atoms with E-state index in [2.05, 4.69) is 15.6 Å². The smallest absolute Gasteiger partial charge is 0.190 e. The molecule has 0 atom stereocenters. The van der Waals surface area contributed by atoms with E-state index in [-0.39, 0.29) is 29.7 Å². The molecule has 1 rings (SSSR count). The van der Waals surface area contributed by atoms with Gasteiger partial charge in [-0.3, -0.25) is 4.99 Å². The van der Waals surface area contributed by atoms with Crippen molar-refractivity contribution in [3.05, 3.63) is 30.3 Å². The van der Waals surface area contributed by atoms with Crippen LogP contribution in [0.3, 0.4) is 0 Å². The van der Waals surface area contributed by atoms with Gasteiger partial charge in [0.15, 0.2) is 15.8 Å². The molecule has 0 amide bonds. The van der Waals surface area contributed by atoms with Crippen molar-refractivity contribution >= 4 is 39.8 Å². The van der Waals surface area contributed by atoms with Crippen LogP contribution in [0.4, 0.5) is 0 Å². The summed E-state index contributed by atoms with van der Waals surface area (Å²) in [4.78, 5) is 4.50. The summed E-state index contributed by atoms with van der Waals surface area (Å²) in [5, 5.41) is 6.35. The summed E-state index contributed by atoms with van der Waals surface area (Å²) in [5.74, 6) is 0.818. The minimum absolute atomic E-state index is 0. The first kappa shape index (κ1) is 24.1. The van der Waals surface area contributed by atoms with Crippen LogP contribution in [0.25, 0.3) is 0 Å². The molecule has 0 spiro atoms. The monoisotopic (exact) mass is 483 g/mol. The van der Waals surface area contributed by atoms with Crippen molar-refractivity contribution in [2.75, 3.05) is 39.1 Å². The number of guanidine groups is 1. The number of sulfone groups is 1. The fraction of sp³-hybridized carbons (Fsp3) is 0.588. The molecule has 0 heterocycles. The van der Waals surface area contributed by atoms with E-state index in [0.717, 1.165) is 32.6 Å². The van der Waals surface area contributed by atoms with Gasteiger partial charge in [-0.15, -0.1) is 24.0 Å². The number of unbranched alkanes of at least 4 members (excludes halogenated alkanes) is 1. The summed E-state index contributed by atoms with van der Waals surface area (Å²) in [7, 11) is -1.50. The summed E-state index contributed by atoms with van der Waals surface area (Å²) < 4.78 is 29.6. The molecule has 1 aromatic rings. The Labute approximate surface area is 168 Å². The number of aliphatic imine (C=N–C) groups is 1. The maximum Gasteiger partial charge on any atom is 0.190 e. The van der Waals surface area contributed by atoms with E-state index < -0.39 is 9.84 Å². The Morgan fingerprint density at radius 1 is 1.08 bits per heavy atom. The van der Waals surface area contributed by atoms with E-state index in [1.54, 1.807) is 31.3 Å². The van der Waals surface area contributed by atoms with Gasteiger partial charge >= 0.3 is 0 Å². The number of halogens is 1. The third-order valence-corrected chi connectivity index (χ3v) is 5.24. The van der Waals surface area contributed by atoms with Crippen molar-refractivity contribution < 1.29 is 13.2 Å². The minimum Gasteiger partial charge on any atom is -0.382 e. The lowest BCUT2D eigenvalue weighted by molar-refractivity contribution is 0.143. The number of nitrogens with one attached hydrogen (secondary N) is 2. The molecule has 0 aliphatic heterocycles. The number of hydrogen-bond acceptors (Lipinski definition) is 4. The molecule has 0 aliphatic rings. The number of benzene rings is 1. The SMILES string of the molecule is CCOCCCCNC(=NC)NCCCS(=O)(=O)c1ccccc1.I. The Kier molecular flexibility index (Phi) is 13.8. The summed E-state index contributed by atoms with van der Waals surface area (Å²) >= 11 is 0. The molecule has 2 N–H and O–H groups in total. The molecule has 0 aromatic heterocycles. The van der Waals surface area contributed by atoms with Crippen molar-refractivity contribution in [2.45, 2.75) is 31.1 Å². The molecule has 0 bridgehead atoms. The maximum atomic E-state index is 12.2. The van der Waals surface area contributed by atoms with Gasteiger partial charge in [0.25, 0.3) is 0 Å². The second-order valence-electron chi connectivity index (χ2n) is 5.32. The predicted molar refractivity (Wildman–Crippen MR) is 114 cm³/mol. The van der Waals surface area contributed by atoms with Gasteiger partial charge in [-0.25, -0.2) is 8.42 Å². The number of nitrogens with zero attached hydrogens (tertiary/aromatic N) is 1. The largest absolute Gasteiger partial charge is 0.382 e. The Morgan fingerprint density at radius 2 is 1.72 bits per heavy atom. The first-order valence-electron chi connectivity index (χ1n) is 8.40. The van der Waals surface area contributed by atoms with Gasteiger partial charge in [-0.05, 0) is 38.3 Å². The summed E-state index contributed by atoms with van der Waals surface area (Å²) in [5.41, 5.74) is 0. The second-order valence-corrected chi connectivity index (χ2v) is 7.42. The zero-order valence-electron chi connectivity index (χ0n) is 15.0. The lowest BCUT2D eigenvalue weighted by Crippen LogP contribution is -2.38. The Hall–Kier alpha value is -0.870. The number of rotatable bonds is 11. The predicted octanol–water partition coefficient (Wildman–Crippen LogP) is 2.45. The van der Waals surface area contributed by atoms with E-state index in [1.807, 2.05) is 13.0 Å². The highest BCUT2D eigenvalue weighted by Crippen LogP contribution is 2.10. The zero-order valence-corrected chi connectivity index (χ0v) is 18.2.